The van der Waals surface area contributed by atoms with Gasteiger partial charge in [0, 0.05) is 13.2 Å². The highest BCUT2D eigenvalue weighted by Gasteiger charge is 2.15. The van der Waals surface area contributed by atoms with E-state index in [4.69, 9.17) is 9.47 Å². The SMILES string of the molecule is CCOC(C[SiH]1C=CC=C1)OCC. The Bertz CT molecular complexity index is 171. The molecule has 0 aromatic heterocycles. The molecule has 0 amide bonds. The topological polar surface area (TPSA) is 18.5 Å². The standard InChI is InChI=1S/C10H18O2Si/c1-3-11-10(12-4-2)9-13-7-5-6-8-13/h5-8,10,13H,3-4,9H2,1-2H3. The highest BCUT2D eigenvalue weighted by Crippen LogP contribution is 2.11. The zero-order valence-electron chi connectivity index (χ0n) is 8.40. The molecule has 0 spiro atoms. The van der Waals surface area contributed by atoms with E-state index in [1.807, 2.05) is 13.8 Å². The molecule has 0 saturated heterocycles. The largest absolute Gasteiger partial charge is 0.353 e. The van der Waals surface area contributed by atoms with Gasteiger partial charge in [0.05, 0.1) is 8.80 Å². The summed E-state index contributed by atoms with van der Waals surface area (Å²) in [6.07, 6.45) is 4.27. The van der Waals surface area contributed by atoms with E-state index in [1.165, 1.54) is 0 Å². The van der Waals surface area contributed by atoms with Crippen molar-refractivity contribution < 1.29 is 9.47 Å². The maximum Gasteiger partial charge on any atom is 0.155 e. The predicted octanol–water partition coefficient (Wildman–Crippen LogP) is 1.82. The van der Waals surface area contributed by atoms with E-state index in [0.29, 0.717) is 0 Å². The lowest BCUT2D eigenvalue weighted by atomic mass is 10.6. The first-order valence-corrected chi connectivity index (χ1v) is 7.10. The second kappa shape index (κ2) is 6.13. The summed E-state index contributed by atoms with van der Waals surface area (Å²) in [4.78, 5) is 0. The van der Waals surface area contributed by atoms with Crippen LogP contribution in [0.4, 0.5) is 0 Å². The van der Waals surface area contributed by atoms with Crippen molar-refractivity contribution in [3.63, 3.8) is 0 Å². The summed E-state index contributed by atoms with van der Waals surface area (Å²) in [5.74, 6) is 0. The van der Waals surface area contributed by atoms with Crippen LogP contribution in [0.5, 0.6) is 0 Å². The van der Waals surface area contributed by atoms with Crippen molar-refractivity contribution in [2.45, 2.75) is 26.2 Å². The van der Waals surface area contributed by atoms with E-state index < -0.39 is 8.80 Å². The number of allylic oxidation sites excluding steroid dienone is 2. The van der Waals surface area contributed by atoms with Gasteiger partial charge in [-0.05, 0) is 19.9 Å². The van der Waals surface area contributed by atoms with Gasteiger partial charge in [0.2, 0.25) is 0 Å². The Morgan fingerprint density at radius 3 is 2.08 bits per heavy atom. The van der Waals surface area contributed by atoms with Crippen LogP contribution in [-0.2, 0) is 9.47 Å². The second-order valence-corrected chi connectivity index (χ2v) is 5.58. The van der Waals surface area contributed by atoms with Crippen LogP contribution < -0.4 is 0 Å². The molecule has 0 aromatic carbocycles. The Balaban J connectivity index is 2.28. The van der Waals surface area contributed by atoms with Crippen LogP contribution in [0.15, 0.2) is 23.6 Å². The van der Waals surface area contributed by atoms with Crippen LogP contribution in [0.25, 0.3) is 0 Å². The van der Waals surface area contributed by atoms with Crippen LogP contribution in [0.3, 0.4) is 0 Å². The summed E-state index contributed by atoms with van der Waals surface area (Å²) >= 11 is 0. The lowest BCUT2D eigenvalue weighted by Crippen LogP contribution is -2.23. The monoisotopic (exact) mass is 198 g/mol. The zero-order valence-corrected chi connectivity index (χ0v) is 9.56. The fourth-order valence-electron chi connectivity index (χ4n) is 1.41. The number of ether oxygens (including phenoxy) is 2. The lowest BCUT2D eigenvalue weighted by molar-refractivity contribution is -0.123. The lowest BCUT2D eigenvalue weighted by Gasteiger charge is -2.18. The van der Waals surface area contributed by atoms with Crippen LogP contribution in [0, 0.1) is 0 Å². The molecule has 0 aromatic rings. The summed E-state index contributed by atoms with van der Waals surface area (Å²) in [7, 11) is -0.813. The van der Waals surface area contributed by atoms with E-state index in [9.17, 15) is 0 Å². The average Bonchev–Trinajstić information content (AvgIpc) is 2.58. The molecular formula is C10H18O2Si. The zero-order chi connectivity index (χ0) is 9.52. The Labute approximate surface area is 81.8 Å². The number of rotatable bonds is 6. The van der Waals surface area contributed by atoms with Crippen molar-refractivity contribution in [1.82, 2.24) is 0 Å². The molecular weight excluding hydrogens is 180 g/mol. The molecule has 0 N–H and O–H groups in total. The van der Waals surface area contributed by atoms with Gasteiger partial charge in [-0.1, -0.05) is 23.6 Å². The highest BCUT2D eigenvalue weighted by atomic mass is 28.3. The first-order chi connectivity index (χ1) is 6.36. The van der Waals surface area contributed by atoms with Crippen molar-refractivity contribution in [1.29, 1.82) is 0 Å². The fraction of sp³-hybridized carbons (Fsp3) is 0.600. The minimum absolute atomic E-state index is 0.0130. The molecule has 0 atom stereocenters. The van der Waals surface area contributed by atoms with Crippen LogP contribution >= 0.6 is 0 Å². The molecule has 0 fully saturated rings. The molecule has 3 heteroatoms. The smallest absolute Gasteiger partial charge is 0.155 e. The van der Waals surface area contributed by atoms with Gasteiger partial charge in [-0.25, -0.2) is 0 Å². The first kappa shape index (κ1) is 10.7. The first-order valence-electron chi connectivity index (χ1n) is 4.95. The summed E-state index contributed by atoms with van der Waals surface area (Å²) in [5.41, 5.74) is 4.62. The maximum absolute atomic E-state index is 5.49. The normalized spacial score (nSPS) is 16.2. The van der Waals surface area contributed by atoms with Crippen LogP contribution in [0.2, 0.25) is 6.04 Å². The third-order valence-electron chi connectivity index (χ3n) is 2.00. The van der Waals surface area contributed by atoms with E-state index in [1.54, 1.807) is 0 Å². The highest BCUT2D eigenvalue weighted by molar-refractivity contribution is 6.70. The number of hydrogen-bond donors (Lipinski definition) is 0. The molecule has 13 heavy (non-hydrogen) atoms. The third kappa shape index (κ3) is 3.89. The van der Waals surface area contributed by atoms with Gasteiger partial charge < -0.3 is 9.47 Å². The van der Waals surface area contributed by atoms with Crippen molar-refractivity contribution in [3.05, 3.63) is 23.6 Å². The molecule has 0 saturated carbocycles. The van der Waals surface area contributed by atoms with Gasteiger partial charge in [0.15, 0.2) is 6.29 Å². The fourth-order valence-corrected chi connectivity index (χ4v) is 3.40. The Kier molecular flexibility index (Phi) is 5.04. The van der Waals surface area contributed by atoms with Crippen LogP contribution in [0.1, 0.15) is 13.8 Å². The molecule has 0 unspecified atom stereocenters. The average molecular weight is 198 g/mol. The van der Waals surface area contributed by atoms with Gasteiger partial charge >= 0.3 is 0 Å². The Morgan fingerprint density at radius 1 is 1.08 bits per heavy atom. The Morgan fingerprint density at radius 2 is 1.62 bits per heavy atom. The minimum atomic E-state index is -0.813. The molecule has 2 nitrogen and oxygen atoms in total. The molecule has 1 aliphatic rings. The van der Waals surface area contributed by atoms with Crippen molar-refractivity contribution >= 4 is 8.80 Å². The third-order valence-corrected chi connectivity index (χ3v) is 4.36. The maximum atomic E-state index is 5.49. The molecule has 1 heterocycles. The molecule has 0 aliphatic carbocycles. The summed E-state index contributed by atoms with van der Waals surface area (Å²) in [6, 6.07) is 1.06. The summed E-state index contributed by atoms with van der Waals surface area (Å²) < 4.78 is 11.0. The number of hydrogen-bond acceptors (Lipinski definition) is 2. The molecule has 0 bridgehead atoms. The van der Waals surface area contributed by atoms with E-state index in [-0.39, 0.29) is 6.29 Å². The summed E-state index contributed by atoms with van der Waals surface area (Å²) in [5, 5.41) is 0. The molecule has 0 radical (unpaired) electrons. The van der Waals surface area contributed by atoms with E-state index >= 15 is 0 Å². The van der Waals surface area contributed by atoms with Gasteiger partial charge in [0.25, 0.3) is 0 Å². The van der Waals surface area contributed by atoms with Crippen molar-refractivity contribution in [2.24, 2.45) is 0 Å². The molecule has 1 rings (SSSR count). The summed E-state index contributed by atoms with van der Waals surface area (Å²) in [6.45, 7) is 5.49. The van der Waals surface area contributed by atoms with Gasteiger partial charge in [-0.15, -0.1) is 0 Å². The second-order valence-electron chi connectivity index (χ2n) is 3.01. The van der Waals surface area contributed by atoms with Gasteiger partial charge in [0.1, 0.15) is 0 Å². The quantitative estimate of drug-likeness (QED) is 0.479. The van der Waals surface area contributed by atoms with Crippen molar-refractivity contribution in [3.8, 4) is 0 Å². The minimum Gasteiger partial charge on any atom is -0.353 e. The van der Waals surface area contributed by atoms with E-state index in [0.717, 1.165) is 19.3 Å². The van der Waals surface area contributed by atoms with Gasteiger partial charge in [-0.2, -0.15) is 0 Å². The van der Waals surface area contributed by atoms with Crippen LogP contribution in [-0.4, -0.2) is 28.3 Å². The molecule has 1 aliphatic heterocycles. The van der Waals surface area contributed by atoms with E-state index in [2.05, 4.69) is 23.6 Å². The predicted molar refractivity (Wildman–Crippen MR) is 57.3 cm³/mol. The van der Waals surface area contributed by atoms with Crippen molar-refractivity contribution in [2.75, 3.05) is 13.2 Å². The van der Waals surface area contributed by atoms with Gasteiger partial charge in [-0.3, -0.25) is 0 Å². The molecule has 74 valence electrons. The Hall–Kier alpha value is -0.383.